The summed E-state index contributed by atoms with van der Waals surface area (Å²) in [4.78, 5) is 3.57. The Labute approximate surface area is 145 Å². The summed E-state index contributed by atoms with van der Waals surface area (Å²) in [5.41, 5.74) is 0. The molecular formula is C20H35F3O. The molecule has 3 aliphatic rings. The Morgan fingerprint density at radius 3 is 1.71 bits per heavy atom. The molecule has 0 heterocycles. The first-order valence-corrected chi connectivity index (χ1v) is 10.1. The van der Waals surface area contributed by atoms with Crippen LogP contribution in [0.4, 0.5) is 13.3 Å². The van der Waals surface area contributed by atoms with Gasteiger partial charge in [0.1, 0.15) is 6.17 Å². The Kier molecular flexibility index (Phi) is 8.93. The van der Waals surface area contributed by atoms with Gasteiger partial charge in [-0.2, -0.15) is 4.94 Å². The lowest BCUT2D eigenvalue weighted by molar-refractivity contribution is -0.190. The van der Waals surface area contributed by atoms with Gasteiger partial charge in [0.25, 0.3) is 0 Å². The number of hydrogen-bond acceptors (Lipinski definition) is 1. The molecule has 0 unspecified atom stereocenters. The van der Waals surface area contributed by atoms with Crippen LogP contribution in [0.1, 0.15) is 84.0 Å². The zero-order valence-corrected chi connectivity index (χ0v) is 15.2. The van der Waals surface area contributed by atoms with Crippen LogP contribution in [0.2, 0.25) is 0 Å². The van der Waals surface area contributed by atoms with Crippen LogP contribution >= 0.6 is 0 Å². The molecule has 0 spiro atoms. The molecule has 0 aromatic carbocycles. The summed E-state index contributed by atoms with van der Waals surface area (Å²) in [5, 5.41) is 0. The van der Waals surface area contributed by atoms with Crippen LogP contribution in [0, 0.1) is 23.7 Å². The van der Waals surface area contributed by atoms with Crippen LogP contribution < -0.4 is 0 Å². The summed E-state index contributed by atoms with van der Waals surface area (Å²) >= 11 is 0. The standard InChI is InChI=1S/C14H25F.C6H10F2O/c1-11-2-6-13(7-3-11)14-8-4-12(10-15)5-9-14;7-5-1-3-6(9-8)4-2-5/h11-14H,2-10H2,1H3;5-6H,1-4H2. The fourth-order valence-corrected chi connectivity index (χ4v) is 4.68. The lowest BCUT2D eigenvalue weighted by Gasteiger charge is -2.36. The van der Waals surface area contributed by atoms with Crippen molar-refractivity contribution in [1.29, 1.82) is 0 Å². The summed E-state index contributed by atoms with van der Waals surface area (Å²) in [5.74, 6) is 3.30. The third-order valence-electron chi connectivity index (χ3n) is 6.57. The highest BCUT2D eigenvalue weighted by Gasteiger charge is 2.29. The molecule has 0 radical (unpaired) electrons. The van der Waals surface area contributed by atoms with Gasteiger partial charge in [0.15, 0.2) is 0 Å². The second-order valence-electron chi connectivity index (χ2n) is 8.42. The highest BCUT2D eigenvalue weighted by atomic mass is 19.3. The van der Waals surface area contributed by atoms with E-state index in [9.17, 15) is 13.3 Å². The molecule has 0 aromatic rings. The fourth-order valence-electron chi connectivity index (χ4n) is 4.68. The molecule has 0 N–H and O–H groups in total. The maximum absolute atomic E-state index is 12.5. The van der Waals surface area contributed by atoms with E-state index in [0.29, 0.717) is 31.6 Å². The Morgan fingerprint density at radius 1 is 0.750 bits per heavy atom. The minimum atomic E-state index is -0.726. The summed E-state index contributed by atoms with van der Waals surface area (Å²) in [6.45, 7) is 2.31. The van der Waals surface area contributed by atoms with Gasteiger partial charge in [-0.05, 0) is 92.4 Å². The minimum absolute atomic E-state index is 0.0750. The van der Waals surface area contributed by atoms with E-state index in [4.69, 9.17) is 0 Å². The monoisotopic (exact) mass is 348 g/mol. The van der Waals surface area contributed by atoms with Crippen molar-refractivity contribution < 1.29 is 18.2 Å². The second-order valence-corrected chi connectivity index (χ2v) is 8.42. The minimum Gasteiger partial charge on any atom is -0.251 e. The molecule has 0 bridgehead atoms. The van der Waals surface area contributed by atoms with Gasteiger partial charge in [-0.25, -0.2) is 4.39 Å². The lowest BCUT2D eigenvalue weighted by Crippen LogP contribution is -2.25. The Bertz CT molecular complexity index is 315. The molecule has 0 aromatic heterocycles. The van der Waals surface area contributed by atoms with Gasteiger partial charge >= 0.3 is 0 Å². The van der Waals surface area contributed by atoms with E-state index in [-0.39, 0.29) is 12.8 Å². The first kappa shape index (κ1) is 20.1. The normalized spacial score (nSPS) is 40.5. The van der Waals surface area contributed by atoms with E-state index in [1.807, 2.05) is 0 Å². The van der Waals surface area contributed by atoms with E-state index >= 15 is 0 Å². The van der Waals surface area contributed by atoms with E-state index < -0.39 is 6.17 Å². The smallest absolute Gasteiger partial charge is 0.100 e. The third kappa shape index (κ3) is 6.57. The molecule has 3 fully saturated rings. The summed E-state index contributed by atoms with van der Waals surface area (Å²) in [6.07, 6.45) is 11.6. The van der Waals surface area contributed by atoms with Crippen LogP contribution in [0.25, 0.3) is 0 Å². The molecule has 24 heavy (non-hydrogen) atoms. The maximum atomic E-state index is 12.5. The Hall–Kier alpha value is -0.250. The second kappa shape index (κ2) is 10.7. The molecule has 0 atom stereocenters. The van der Waals surface area contributed by atoms with Crippen molar-refractivity contribution in [3.05, 3.63) is 0 Å². The Morgan fingerprint density at radius 2 is 1.25 bits per heavy atom. The summed E-state index contributed by atoms with van der Waals surface area (Å²) in [6, 6.07) is 0. The highest BCUT2D eigenvalue weighted by molar-refractivity contribution is 4.81. The molecule has 142 valence electrons. The quantitative estimate of drug-likeness (QED) is 0.547. The van der Waals surface area contributed by atoms with E-state index in [1.165, 1.54) is 38.5 Å². The number of hydrogen-bond donors (Lipinski definition) is 0. The largest absolute Gasteiger partial charge is 0.251 e. The van der Waals surface area contributed by atoms with E-state index in [0.717, 1.165) is 30.6 Å². The number of alkyl halides is 2. The number of rotatable bonds is 3. The third-order valence-corrected chi connectivity index (χ3v) is 6.57. The predicted octanol–water partition coefficient (Wildman–Crippen LogP) is 6.76. The average Bonchev–Trinajstić information content (AvgIpc) is 2.64. The SMILES string of the molecule is CC1CCC(C2CCC(CF)CC2)CC1.FOC1CCC(F)CC1. The first-order valence-electron chi connectivity index (χ1n) is 10.1. The van der Waals surface area contributed by atoms with E-state index in [2.05, 4.69) is 11.9 Å². The van der Waals surface area contributed by atoms with Gasteiger partial charge in [0.2, 0.25) is 0 Å². The van der Waals surface area contributed by atoms with Crippen LogP contribution in [-0.4, -0.2) is 19.0 Å². The Balaban J connectivity index is 0.000000198. The summed E-state index contributed by atoms with van der Waals surface area (Å²) < 4.78 is 36.2. The van der Waals surface area contributed by atoms with Gasteiger partial charge in [0.05, 0.1) is 12.8 Å². The van der Waals surface area contributed by atoms with Crippen molar-refractivity contribution >= 4 is 0 Å². The molecule has 0 aliphatic heterocycles. The lowest BCUT2D eigenvalue weighted by atomic mass is 9.69. The van der Waals surface area contributed by atoms with Crippen molar-refractivity contribution in [1.82, 2.24) is 0 Å². The van der Waals surface area contributed by atoms with Crippen molar-refractivity contribution in [2.45, 2.75) is 96.2 Å². The number of halogens is 3. The molecule has 4 heteroatoms. The van der Waals surface area contributed by atoms with E-state index in [1.54, 1.807) is 0 Å². The van der Waals surface area contributed by atoms with Crippen LogP contribution in [0.3, 0.4) is 0 Å². The van der Waals surface area contributed by atoms with Gasteiger partial charge in [-0.1, -0.05) is 19.8 Å². The zero-order valence-electron chi connectivity index (χ0n) is 15.2. The topological polar surface area (TPSA) is 9.23 Å². The van der Waals surface area contributed by atoms with Crippen molar-refractivity contribution in [2.75, 3.05) is 6.67 Å². The van der Waals surface area contributed by atoms with Crippen molar-refractivity contribution in [3.63, 3.8) is 0 Å². The van der Waals surface area contributed by atoms with Crippen LogP contribution in [0.15, 0.2) is 0 Å². The molecule has 3 rings (SSSR count). The molecule has 3 aliphatic carbocycles. The maximum Gasteiger partial charge on any atom is 0.100 e. The van der Waals surface area contributed by atoms with Gasteiger partial charge < -0.3 is 0 Å². The molecule has 0 amide bonds. The molecular weight excluding hydrogens is 313 g/mol. The van der Waals surface area contributed by atoms with Crippen LogP contribution in [-0.2, 0) is 4.94 Å². The van der Waals surface area contributed by atoms with Crippen molar-refractivity contribution in [3.8, 4) is 0 Å². The highest BCUT2D eigenvalue weighted by Crippen LogP contribution is 2.41. The molecule has 1 nitrogen and oxygen atoms in total. The predicted molar refractivity (Wildman–Crippen MR) is 91.9 cm³/mol. The van der Waals surface area contributed by atoms with Crippen molar-refractivity contribution in [2.24, 2.45) is 23.7 Å². The fraction of sp³-hybridized carbons (Fsp3) is 1.00. The average molecular weight is 348 g/mol. The van der Waals surface area contributed by atoms with Crippen LogP contribution in [0.5, 0.6) is 0 Å². The van der Waals surface area contributed by atoms with Gasteiger partial charge in [-0.3, -0.25) is 4.39 Å². The van der Waals surface area contributed by atoms with Gasteiger partial charge in [-0.15, -0.1) is 0 Å². The first-order chi connectivity index (χ1) is 11.6. The van der Waals surface area contributed by atoms with Gasteiger partial charge in [0, 0.05) is 0 Å². The summed E-state index contributed by atoms with van der Waals surface area (Å²) in [7, 11) is 0. The molecule has 3 saturated carbocycles. The molecule has 0 saturated heterocycles. The zero-order chi connectivity index (χ0) is 17.4.